The highest BCUT2D eigenvalue weighted by molar-refractivity contribution is 5.79. The zero-order valence-electron chi connectivity index (χ0n) is 13.8. The molecular formula is C19H27FN2O. The van der Waals surface area contributed by atoms with Crippen molar-refractivity contribution in [2.75, 3.05) is 26.2 Å². The molecule has 2 aliphatic heterocycles. The summed E-state index contributed by atoms with van der Waals surface area (Å²) in [5, 5.41) is 0. The summed E-state index contributed by atoms with van der Waals surface area (Å²) in [4.78, 5) is 17.2. The molecule has 1 aromatic rings. The van der Waals surface area contributed by atoms with Crippen molar-refractivity contribution < 1.29 is 9.18 Å². The molecule has 3 nitrogen and oxygen atoms in total. The number of nitrogens with zero attached hydrogens (tertiary/aromatic N) is 2. The second kappa shape index (κ2) is 7.91. The van der Waals surface area contributed by atoms with Gasteiger partial charge in [0, 0.05) is 25.6 Å². The summed E-state index contributed by atoms with van der Waals surface area (Å²) in [6.07, 6.45) is 6.76. The molecule has 0 spiro atoms. The highest BCUT2D eigenvalue weighted by Crippen LogP contribution is 2.23. The second-order valence-electron chi connectivity index (χ2n) is 6.92. The van der Waals surface area contributed by atoms with Gasteiger partial charge in [0.05, 0.1) is 0 Å². The third-order valence-corrected chi connectivity index (χ3v) is 5.17. The smallest absolute Gasteiger partial charge is 0.225 e. The Balaban J connectivity index is 1.47. The molecule has 0 aliphatic carbocycles. The predicted octanol–water partition coefficient (Wildman–Crippen LogP) is 3.44. The molecule has 2 fully saturated rings. The summed E-state index contributed by atoms with van der Waals surface area (Å²) >= 11 is 0. The summed E-state index contributed by atoms with van der Waals surface area (Å²) in [6.45, 7) is 4.68. The Labute approximate surface area is 138 Å². The number of halogens is 1. The lowest BCUT2D eigenvalue weighted by Crippen LogP contribution is -2.42. The normalized spacial score (nSPS) is 21.2. The van der Waals surface area contributed by atoms with Crippen molar-refractivity contribution in [2.45, 2.75) is 45.1 Å². The van der Waals surface area contributed by atoms with E-state index in [1.54, 1.807) is 0 Å². The van der Waals surface area contributed by atoms with Crippen LogP contribution in [0.5, 0.6) is 0 Å². The van der Waals surface area contributed by atoms with E-state index in [1.165, 1.54) is 25.0 Å². The monoisotopic (exact) mass is 318 g/mol. The van der Waals surface area contributed by atoms with Gasteiger partial charge in [-0.15, -0.1) is 0 Å². The molecule has 0 atom stereocenters. The fraction of sp³-hybridized carbons (Fsp3) is 0.632. The van der Waals surface area contributed by atoms with E-state index in [0.717, 1.165) is 64.0 Å². The van der Waals surface area contributed by atoms with Crippen LogP contribution in [0.1, 0.15) is 44.1 Å². The average Bonchev–Trinajstić information content (AvgIpc) is 2.86. The van der Waals surface area contributed by atoms with Gasteiger partial charge in [-0.05, 0) is 56.5 Å². The Bertz CT molecular complexity index is 501. The number of carbonyl (C=O) groups is 1. The van der Waals surface area contributed by atoms with Crippen molar-refractivity contribution in [3.05, 3.63) is 35.6 Å². The van der Waals surface area contributed by atoms with Crippen molar-refractivity contribution in [3.63, 3.8) is 0 Å². The molecular weight excluding hydrogens is 291 g/mol. The standard InChI is InChI=1S/C19H27FN2O/c20-18-7-5-16(6-8-18)15-21-13-9-17(10-14-21)19(23)22-11-3-1-2-4-12-22/h5-8,17H,1-4,9-15H2. The molecule has 2 saturated heterocycles. The van der Waals surface area contributed by atoms with Gasteiger partial charge in [-0.3, -0.25) is 9.69 Å². The van der Waals surface area contributed by atoms with E-state index in [4.69, 9.17) is 0 Å². The topological polar surface area (TPSA) is 23.6 Å². The van der Waals surface area contributed by atoms with Crippen LogP contribution in [0, 0.1) is 11.7 Å². The van der Waals surface area contributed by atoms with Gasteiger partial charge in [0.2, 0.25) is 5.91 Å². The molecule has 0 saturated carbocycles. The number of hydrogen-bond acceptors (Lipinski definition) is 2. The molecule has 0 radical (unpaired) electrons. The summed E-state index contributed by atoms with van der Waals surface area (Å²) < 4.78 is 13.0. The van der Waals surface area contributed by atoms with Crippen LogP contribution in [0.15, 0.2) is 24.3 Å². The molecule has 126 valence electrons. The van der Waals surface area contributed by atoms with Gasteiger partial charge < -0.3 is 4.90 Å². The predicted molar refractivity (Wildman–Crippen MR) is 89.4 cm³/mol. The Morgan fingerprint density at radius 3 is 2.17 bits per heavy atom. The van der Waals surface area contributed by atoms with Crippen molar-refractivity contribution in [1.29, 1.82) is 0 Å². The van der Waals surface area contributed by atoms with Crippen molar-refractivity contribution in [3.8, 4) is 0 Å². The van der Waals surface area contributed by atoms with E-state index in [-0.39, 0.29) is 11.7 Å². The Kier molecular flexibility index (Phi) is 5.65. The minimum Gasteiger partial charge on any atom is -0.342 e. The van der Waals surface area contributed by atoms with Crippen molar-refractivity contribution in [1.82, 2.24) is 9.80 Å². The second-order valence-corrected chi connectivity index (χ2v) is 6.92. The number of piperidine rings is 1. The third kappa shape index (κ3) is 4.54. The van der Waals surface area contributed by atoms with Crippen molar-refractivity contribution in [2.24, 2.45) is 5.92 Å². The van der Waals surface area contributed by atoms with E-state index in [9.17, 15) is 9.18 Å². The van der Waals surface area contributed by atoms with Crippen LogP contribution >= 0.6 is 0 Å². The summed E-state index contributed by atoms with van der Waals surface area (Å²) in [6, 6.07) is 6.74. The van der Waals surface area contributed by atoms with E-state index in [2.05, 4.69) is 9.80 Å². The van der Waals surface area contributed by atoms with E-state index < -0.39 is 0 Å². The minimum absolute atomic E-state index is 0.185. The summed E-state index contributed by atoms with van der Waals surface area (Å²) in [5.41, 5.74) is 1.14. The van der Waals surface area contributed by atoms with Gasteiger partial charge >= 0.3 is 0 Å². The van der Waals surface area contributed by atoms with Gasteiger partial charge in [0.15, 0.2) is 0 Å². The molecule has 4 heteroatoms. The molecule has 0 unspecified atom stereocenters. The third-order valence-electron chi connectivity index (χ3n) is 5.17. The van der Waals surface area contributed by atoms with Gasteiger partial charge in [-0.25, -0.2) is 4.39 Å². The lowest BCUT2D eigenvalue weighted by molar-refractivity contribution is -0.137. The van der Waals surface area contributed by atoms with Crippen LogP contribution in [-0.4, -0.2) is 41.9 Å². The quantitative estimate of drug-likeness (QED) is 0.852. The Morgan fingerprint density at radius 1 is 0.957 bits per heavy atom. The Hall–Kier alpha value is -1.42. The zero-order chi connectivity index (χ0) is 16.1. The highest BCUT2D eigenvalue weighted by atomic mass is 19.1. The van der Waals surface area contributed by atoms with Crippen molar-refractivity contribution >= 4 is 5.91 Å². The van der Waals surface area contributed by atoms with Gasteiger partial charge in [-0.1, -0.05) is 25.0 Å². The first kappa shape index (κ1) is 16.4. The number of benzene rings is 1. The molecule has 0 bridgehead atoms. The molecule has 0 aromatic heterocycles. The SMILES string of the molecule is O=C(C1CCN(Cc2ccc(F)cc2)CC1)N1CCCCCC1. The maximum Gasteiger partial charge on any atom is 0.225 e. The Morgan fingerprint density at radius 2 is 1.57 bits per heavy atom. The fourth-order valence-corrected chi connectivity index (χ4v) is 3.74. The number of amides is 1. The van der Waals surface area contributed by atoms with Crippen LogP contribution in [0.4, 0.5) is 4.39 Å². The fourth-order valence-electron chi connectivity index (χ4n) is 3.74. The first-order valence-electron chi connectivity index (χ1n) is 8.98. The van der Waals surface area contributed by atoms with E-state index in [0.29, 0.717) is 5.91 Å². The summed E-state index contributed by atoms with van der Waals surface area (Å²) in [5.74, 6) is 0.404. The first-order valence-corrected chi connectivity index (χ1v) is 8.98. The molecule has 0 N–H and O–H groups in total. The molecule has 2 heterocycles. The number of carbonyl (C=O) groups excluding carboxylic acids is 1. The lowest BCUT2D eigenvalue weighted by Gasteiger charge is -2.34. The molecule has 23 heavy (non-hydrogen) atoms. The average molecular weight is 318 g/mol. The highest BCUT2D eigenvalue weighted by Gasteiger charge is 2.28. The van der Waals surface area contributed by atoms with Crippen LogP contribution < -0.4 is 0 Å². The minimum atomic E-state index is -0.185. The number of rotatable bonds is 3. The van der Waals surface area contributed by atoms with Crippen LogP contribution in [0.3, 0.4) is 0 Å². The van der Waals surface area contributed by atoms with Crippen LogP contribution in [0.2, 0.25) is 0 Å². The molecule has 1 aromatic carbocycles. The van der Waals surface area contributed by atoms with Gasteiger partial charge in [0.1, 0.15) is 5.82 Å². The lowest BCUT2D eigenvalue weighted by atomic mass is 9.94. The van der Waals surface area contributed by atoms with Crippen LogP contribution in [0.25, 0.3) is 0 Å². The summed E-state index contributed by atoms with van der Waals surface area (Å²) in [7, 11) is 0. The van der Waals surface area contributed by atoms with Gasteiger partial charge in [0.25, 0.3) is 0 Å². The largest absolute Gasteiger partial charge is 0.342 e. The van der Waals surface area contributed by atoms with Gasteiger partial charge in [-0.2, -0.15) is 0 Å². The molecule has 1 amide bonds. The van der Waals surface area contributed by atoms with Crippen LogP contribution in [-0.2, 0) is 11.3 Å². The maximum absolute atomic E-state index is 13.0. The first-order chi connectivity index (χ1) is 11.2. The maximum atomic E-state index is 13.0. The molecule has 2 aliphatic rings. The van der Waals surface area contributed by atoms with E-state index in [1.807, 2.05) is 12.1 Å². The van der Waals surface area contributed by atoms with E-state index >= 15 is 0 Å². The number of hydrogen-bond donors (Lipinski definition) is 0. The zero-order valence-corrected chi connectivity index (χ0v) is 13.8. The molecule has 3 rings (SSSR count). The number of likely N-dealkylation sites (tertiary alicyclic amines) is 2.